The van der Waals surface area contributed by atoms with Gasteiger partial charge in [0.1, 0.15) is 6.07 Å². The maximum absolute atomic E-state index is 12.2. The van der Waals surface area contributed by atoms with Crippen molar-refractivity contribution in [2.75, 3.05) is 18.5 Å². The van der Waals surface area contributed by atoms with Gasteiger partial charge in [0, 0.05) is 13.6 Å². The standard InChI is InChI=1S/C11H13F2N3/c1-16(7-11(12)13)10-3-2-8(5-14)4-9(10)6-15/h2-4,11H,5,7,14H2,1H3. The van der Waals surface area contributed by atoms with Crippen molar-refractivity contribution in [2.45, 2.75) is 13.0 Å². The highest BCUT2D eigenvalue weighted by molar-refractivity contribution is 5.60. The van der Waals surface area contributed by atoms with Crippen LogP contribution in [-0.2, 0) is 6.54 Å². The van der Waals surface area contributed by atoms with Gasteiger partial charge in [-0.05, 0) is 17.7 Å². The minimum atomic E-state index is -2.43. The molecule has 1 aromatic rings. The number of anilines is 1. The van der Waals surface area contributed by atoms with Gasteiger partial charge in [-0.1, -0.05) is 6.07 Å². The van der Waals surface area contributed by atoms with Gasteiger partial charge in [0.05, 0.1) is 17.8 Å². The van der Waals surface area contributed by atoms with E-state index in [0.29, 0.717) is 17.8 Å². The molecular weight excluding hydrogens is 212 g/mol. The Bertz CT molecular complexity index is 399. The Labute approximate surface area is 93.1 Å². The number of nitriles is 1. The molecule has 86 valence electrons. The summed E-state index contributed by atoms with van der Waals surface area (Å²) >= 11 is 0. The number of nitrogens with zero attached hydrogens (tertiary/aromatic N) is 2. The fourth-order valence-corrected chi connectivity index (χ4v) is 1.44. The fourth-order valence-electron chi connectivity index (χ4n) is 1.44. The molecule has 0 unspecified atom stereocenters. The molecule has 0 spiro atoms. The molecule has 1 rings (SSSR count). The van der Waals surface area contributed by atoms with E-state index < -0.39 is 13.0 Å². The van der Waals surface area contributed by atoms with Crippen molar-refractivity contribution in [3.05, 3.63) is 29.3 Å². The molecule has 0 atom stereocenters. The van der Waals surface area contributed by atoms with Gasteiger partial charge in [0.25, 0.3) is 6.43 Å². The highest BCUT2D eigenvalue weighted by Crippen LogP contribution is 2.20. The van der Waals surface area contributed by atoms with E-state index in [1.165, 1.54) is 11.9 Å². The summed E-state index contributed by atoms with van der Waals surface area (Å²) in [5, 5.41) is 8.92. The van der Waals surface area contributed by atoms with Crippen LogP contribution in [0.3, 0.4) is 0 Å². The maximum Gasteiger partial charge on any atom is 0.255 e. The number of benzene rings is 1. The summed E-state index contributed by atoms with van der Waals surface area (Å²) in [6, 6.07) is 6.98. The Morgan fingerprint density at radius 1 is 1.50 bits per heavy atom. The van der Waals surface area contributed by atoms with E-state index >= 15 is 0 Å². The third-order valence-corrected chi connectivity index (χ3v) is 2.24. The zero-order valence-corrected chi connectivity index (χ0v) is 8.95. The molecule has 1 aromatic carbocycles. The second-order valence-electron chi connectivity index (χ2n) is 3.44. The number of hydrogen-bond donors (Lipinski definition) is 1. The van der Waals surface area contributed by atoms with Gasteiger partial charge >= 0.3 is 0 Å². The molecule has 0 aliphatic carbocycles. The van der Waals surface area contributed by atoms with Crippen LogP contribution < -0.4 is 10.6 Å². The van der Waals surface area contributed by atoms with Gasteiger partial charge in [-0.2, -0.15) is 5.26 Å². The minimum absolute atomic E-state index is 0.327. The summed E-state index contributed by atoms with van der Waals surface area (Å²) in [6.45, 7) is -0.0653. The summed E-state index contributed by atoms with van der Waals surface area (Å²) < 4.78 is 24.4. The summed E-state index contributed by atoms with van der Waals surface area (Å²) in [4.78, 5) is 1.36. The van der Waals surface area contributed by atoms with E-state index in [9.17, 15) is 8.78 Å². The summed E-state index contributed by atoms with van der Waals surface area (Å²) in [5.41, 5.74) is 7.11. The molecule has 0 bridgehead atoms. The average molecular weight is 225 g/mol. The van der Waals surface area contributed by atoms with Crippen LogP contribution in [0.15, 0.2) is 18.2 Å². The van der Waals surface area contributed by atoms with E-state index in [0.717, 1.165) is 5.56 Å². The first-order valence-corrected chi connectivity index (χ1v) is 4.81. The van der Waals surface area contributed by atoms with E-state index in [1.807, 2.05) is 6.07 Å². The number of nitrogens with two attached hydrogens (primary N) is 1. The van der Waals surface area contributed by atoms with Crippen LogP contribution in [0.2, 0.25) is 0 Å². The lowest BCUT2D eigenvalue weighted by molar-refractivity contribution is 0.156. The first kappa shape index (κ1) is 12.4. The lowest BCUT2D eigenvalue weighted by Crippen LogP contribution is -2.24. The van der Waals surface area contributed by atoms with Crippen LogP contribution in [0.25, 0.3) is 0 Å². The van der Waals surface area contributed by atoms with Crippen molar-refractivity contribution in [1.29, 1.82) is 5.26 Å². The van der Waals surface area contributed by atoms with Crippen molar-refractivity contribution >= 4 is 5.69 Å². The molecule has 3 nitrogen and oxygen atoms in total. The summed E-state index contributed by atoms with van der Waals surface area (Å²) in [6.07, 6.45) is -2.43. The molecule has 0 radical (unpaired) electrons. The molecule has 0 amide bonds. The van der Waals surface area contributed by atoms with Crippen LogP contribution >= 0.6 is 0 Å². The zero-order chi connectivity index (χ0) is 12.1. The van der Waals surface area contributed by atoms with Gasteiger partial charge in [-0.15, -0.1) is 0 Å². The first-order chi connectivity index (χ1) is 7.58. The average Bonchev–Trinajstić information content (AvgIpc) is 2.27. The highest BCUT2D eigenvalue weighted by atomic mass is 19.3. The molecule has 0 saturated carbocycles. The monoisotopic (exact) mass is 225 g/mol. The molecule has 0 aliphatic heterocycles. The lowest BCUT2D eigenvalue weighted by atomic mass is 10.1. The number of hydrogen-bond acceptors (Lipinski definition) is 3. The predicted octanol–water partition coefficient (Wildman–Crippen LogP) is 1.72. The fraction of sp³-hybridized carbons (Fsp3) is 0.364. The first-order valence-electron chi connectivity index (χ1n) is 4.81. The van der Waals surface area contributed by atoms with Crippen LogP contribution in [0.4, 0.5) is 14.5 Å². The van der Waals surface area contributed by atoms with E-state index in [-0.39, 0.29) is 0 Å². The molecule has 0 heterocycles. The van der Waals surface area contributed by atoms with Crippen LogP contribution in [0.1, 0.15) is 11.1 Å². The molecule has 0 fully saturated rings. The Balaban J connectivity index is 3.00. The van der Waals surface area contributed by atoms with E-state index in [4.69, 9.17) is 11.0 Å². The van der Waals surface area contributed by atoms with Crippen LogP contribution in [-0.4, -0.2) is 20.0 Å². The van der Waals surface area contributed by atoms with Gasteiger partial charge in [0.2, 0.25) is 0 Å². The Kier molecular flexibility index (Phi) is 4.20. The number of halogens is 2. The smallest absolute Gasteiger partial charge is 0.255 e. The molecule has 0 aromatic heterocycles. The van der Waals surface area contributed by atoms with Gasteiger partial charge < -0.3 is 10.6 Å². The topological polar surface area (TPSA) is 53.0 Å². The summed E-state index contributed by atoms with van der Waals surface area (Å²) in [7, 11) is 1.53. The van der Waals surface area contributed by atoms with Gasteiger partial charge in [-0.25, -0.2) is 8.78 Å². The van der Waals surface area contributed by atoms with E-state index in [2.05, 4.69) is 0 Å². The highest BCUT2D eigenvalue weighted by Gasteiger charge is 2.12. The molecule has 2 N–H and O–H groups in total. The molecular formula is C11H13F2N3. The van der Waals surface area contributed by atoms with Crippen LogP contribution in [0, 0.1) is 11.3 Å². The third-order valence-electron chi connectivity index (χ3n) is 2.24. The lowest BCUT2D eigenvalue weighted by Gasteiger charge is -2.20. The molecule has 0 aliphatic rings. The molecule has 16 heavy (non-hydrogen) atoms. The van der Waals surface area contributed by atoms with Crippen molar-refractivity contribution in [1.82, 2.24) is 0 Å². The Morgan fingerprint density at radius 3 is 2.69 bits per heavy atom. The minimum Gasteiger partial charge on any atom is -0.368 e. The number of alkyl halides is 2. The Hall–Kier alpha value is -1.67. The largest absolute Gasteiger partial charge is 0.368 e. The van der Waals surface area contributed by atoms with E-state index in [1.54, 1.807) is 18.2 Å². The second kappa shape index (κ2) is 5.42. The normalized spacial score (nSPS) is 10.2. The zero-order valence-electron chi connectivity index (χ0n) is 8.95. The SMILES string of the molecule is CN(CC(F)F)c1ccc(CN)cc1C#N. The van der Waals surface area contributed by atoms with Crippen LogP contribution in [0.5, 0.6) is 0 Å². The van der Waals surface area contributed by atoms with Crippen molar-refractivity contribution in [2.24, 2.45) is 5.73 Å². The maximum atomic E-state index is 12.2. The molecule has 0 saturated heterocycles. The van der Waals surface area contributed by atoms with Gasteiger partial charge in [-0.3, -0.25) is 0 Å². The molecule has 5 heteroatoms. The van der Waals surface area contributed by atoms with Crippen molar-refractivity contribution in [3.63, 3.8) is 0 Å². The predicted molar refractivity (Wildman–Crippen MR) is 58.3 cm³/mol. The summed E-state index contributed by atoms with van der Waals surface area (Å²) in [5.74, 6) is 0. The van der Waals surface area contributed by atoms with Crippen molar-refractivity contribution in [3.8, 4) is 6.07 Å². The second-order valence-corrected chi connectivity index (χ2v) is 3.44. The number of rotatable bonds is 4. The van der Waals surface area contributed by atoms with Gasteiger partial charge in [0.15, 0.2) is 0 Å². The quantitative estimate of drug-likeness (QED) is 0.848. The third kappa shape index (κ3) is 2.91. The van der Waals surface area contributed by atoms with Crippen molar-refractivity contribution < 1.29 is 8.78 Å². The Morgan fingerprint density at radius 2 is 2.19 bits per heavy atom.